The van der Waals surface area contributed by atoms with Crippen LogP contribution in [0.25, 0.3) is 0 Å². The smallest absolute Gasteiger partial charge is 0.306 e. The number of carboxylic acids is 1. The molecule has 1 aliphatic rings. The van der Waals surface area contributed by atoms with Gasteiger partial charge in [-0.05, 0) is 23.8 Å². The molecule has 1 aliphatic heterocycles. The molecule has 0 aliphatic carbocycles. The van der Waals surface area contributed by atoms with Crippen LogP contribution in [0.5, 0.6) is 0 Å². The van der Waals surface area contributed by atoms with Crippen molar-refractivity contribution in [2.45, 2.75) is 18.9 Å². The lowest BCUT2D eigenvalue weighted by Gasteiger charge is -2.32. The minimum atomic E-state index is -0.956. The van der Waals surface area contributed by atoms with Gasteiger partial charge in [0.25, 0.3) is 0 Å². The Hall–Kier alpha value is -1.47. The summed E-state index contributed by atoms with van der Waals surface area (Å²) >= 11 is 3.29. The highest BCUT2D eigenvalue weighted by molar-refractivity contribution is 9.10. The summed E-state index contributed by atoms with van der Waals surface area (Å²) in [5.41, 5.74) is 0.571. The van der Waals surface area contributed by atoms with Crippen LogP contribution in [-0.4, -0.2) is 47.7 Å². The summed E-state index contributed by atoms with van der Waals surface area (Å²) in [5.74, 6) is -1.52. The Labute approximate surface area is 129 Å². The Kier molecular flexibility index (Phi) is 5.30. The van der Waals surface area contributed by atoms with Crippen molar-refractivity contribution in [3.63, 3.8) is 0 Å². The zero-order chi connectivity index (χ0) is 15.4. The van der Waals surface area contributed by atoms with E-state index in [4.69, 9.17) is 9.84 Å². The van der Waals surface area contributed by atoms with Gasteiger partial charge in [0.1, 0.15) is 5.82 Å². The lowest BCUT2D eigenvalue weighted by atomic mass is 10.1. The molecular formula is C14H15BrFNO4. The number of carbonyl (C=O) groups excluding carboxylic acids is 1. The molecule has 1 N–H and O–H groups in total. The lowest BCUT2D eigenvalue weighted by molar-refractivity contribution is -0.147. The first-order chi connectivity index (χ1) is 9.95. The van der Waals surface area contributed by atoms with Crippen molar-refractivity contribution in [1.29, 1.82) is 0 Å². The molecule has 1 atom stereocenters. The van der Waals surface area contributed by atoms with Gasteiger partial charge in [-0.25, -0.2) is 4.39 Å². The van der Waals surface area contributed by atoms with Gasteiger partial charge in [0.05, 0.1) is 25.6 Å². The number of benzene rings is 1. The van der Waals surface area contributed by atoms with Crippen LogP contribution in [0.2, 0.25) is 0 Å². The molecular weight excluding hydrogens is 345 g/mol. The Balaban J connectivity index is 1.99. The third-order valence-corrected chi connectivity index (χ3v) is 4.02. The van der Waals surface area contributed by atoms with Crippen molar-refractivity contribution >= 4 is 27.8 Å². The van der Waals surface area contributed by atoms with Gasteiger partial charge < -0.3 is 14.7 Å². The maximum Gasteiger partial charge on any atom is 0.306 e. The monoisotopic (exact) mass is 359 g/mol. The summed E-state index contributed by atoms with van der Waals surface area (Å²) in [6.45, 7) is 0.980. The maximum atomic E-state index is 13.2. The van der Waals surface area contributed by atoms with Crippen LogP contribution in [0.15, 0.2) is 22.7 Å². The van der Waals surface area contributed by atoms with E-state index in [2.05, 4.69) is 15.9 Å². The molecule has 1 saturated heterocycles. The number of halogens is 2. The summed E-state index contributed by atoms with van der Waals surface area (Å²) in [4.78, 5) is 24.5. The van der Waals surface area contributed by atoms with Crippen molar-refractivity contribution in [1.82, 2.24) is 4.90 Å². The first kappa shape index (κ1) is 15.9. The molecule has 0 spiro atoms. The van der Waals surface area contributed by atoms with Crippen molar-refractivity contribution < 1.29 is 23.8 Å². The number of morpholine rings is 1. The molecule has 1 aromatic carbocycles. The van der Waals surface area contributed by atoms with E-state index in [1.54, 1.807) is 11.0 Å². The number of carboxylic acid groups (broad SMARTS) is 1. The molecule has 1 amide bonds. The van der Waals surface area contributed by atoms with E-state index in [1.165, 1.54) is 12.1 Å². The Bertz CT molecular complexity index is 552. The molecule has 0 saturated carbocycles. The maximum absolute atomic E-state index is 13.2. The second-order valence-electron chi connectivity index (χ2n) is 4.84. The van der Waals surface area contributed by atoms with Gasteiger partial charge in [0.15, 0.2) is 0 Å². The first-order valence-electron chi connectivity index (χ1n) is 6.51. The fourth-order valence-corrected chi connectivity index (χ4v) is 2.60. The molecule has 0 aromatic heterocycles. The van der Waals surface area contributed by atoms with Crippen LogP contribution in [0.3, 0.4) is 0 Å². The van der Waals surface area contributed by atoms with Gasteiger partial charge >= 0.3 is 5.97 Å². The number of carbonyl (C=O) groups is 2. The Morgan fingerprint density at radius 3 is 2.95 bits per heavy atom. The van der Waals surface area contributed by atoms with E-state index in [-0.39, 0.29) is 25.3 Å². The highest BCUT2D eigenvalue weighted by atomic mass is 79.9. The Morgan fingerprint density at radius 2 is 2.24 bits per heavy atom. The van der Waals surface area contributed by atoms with Crippen molar-refractivity contribution in [3.8, 4) is 0 Å². The standard InChI is InChI=1S/C14H15BrFNO4/c15-12-2-1-10(16)5-9(12)6-13(18)17-3-4-21-11(8-17)7-14(19)20/h1-2,5,11H,3-4,6-8H2,(H,19,20). The number of aliphatic carboxylic acids is 1. The summed E-state index contributed by atoms with van der Waals surface area (Å²) < 4.78 is 19.2. The third-order valence-electron chi connectivity index (χ3n) is 3.24. The Morgan fingerprint density at radius 1 is 1.48 bits per heavy atom. The number of ether oxygens (including phenoxy) is 1. The number of hydrogen-bond acceptors (Lipinski definition) is 3. The van der Waals surface area contributed by atoms with E-state index in [1.807, 2.05) is 0 Å². The first-order valence-corrected chi connectivity index (χ1v) is 7.30. The zero-order valence-corrected chi connectivity index (χ0v) is 12.8. The van der Waals surface area contributed by atoms with E-state index < -0.39 is 17.9 Å². The second kappa shape index (κ2) is 7.00. The zero-order valence-electron chi connectivity index (χ0n) is 11.2. The summed E-state index contributed by atoms with van der Waals surface area (Å²) in [6.07, 6.45) is -0.554. The van der Waals surface area contributed by atoms with E-state index in [0.29, 0.717) is 23.2 Å². The van der Waals surface area contributed by atoms with Crippen LogP contribution in [-0.2, 0) is 20.7 Å². The minimum absolute atomic E-state index is 0.0676. The van der Waals surface area contributed by atoms with E-state index >= 15 is 0 Å². The summed E-state index contributed by atoms with van der Waals surface area (Å²) in [6, 6.07) is 4.19. The number of amides is 1. The lowest BCUT2D eigenvalue weighted by Crippen LogP contribution is -2.46. The normalized spacial score (nSPS) is 18.6. The number of hydrogen-bond donors (Lipinski definition) is 1. The van der Waals surface area contributed by atoms with Crippen LogP contribution in [0, 0.1) is 5.82 Å². The van der Waals surface area contributed by atoms with Crippen LogP contribution in [0.4, 0.5) is 4.39 Å². The highest BCUT2D eigenvalue weighted by Crippen LogP contribution is 2.20. The third kappa shape index (κ3) is 4.50. The van der Waals surface area contributed by atoms with Crippen molar-refractivity contribution in [2.75, 3.05) is 19.7 Å². The van der Waals surface area contributed by atoms with Crippen molar-refractivity contribution in [2.24, 2.45) is 0 Å². The predicted molar refractivity (Wildman–Crippen MR) is 76.4 cm³/mol. The summed E-state index contributed by atoms with van der Waals surface area (Å²) in [5, 5.41) is 8.76. The van der Waals surface area contributed by atoms with Crippen LogP contribution in [0.1, 0.15) is 12.0 Å². The average Bonchev–Trinajstić information content (AvgIpc) is 2.42. The highest BCUT2D eigenvalue weighted by Gasteiger charge is 2.26. The molecule has 1 heterocycles. The molecule has 7 heteroatoms. The average molecular weight is 360 g/mol. The van der Waals surface area contributed by atoms with Gasteiger partial charge in [0.2, 0.25) is 5.91 Å². The fraction of sp³-hybridized carbons (Fsp3) is 0.429. The quantitative estimate of drug-likeness (QED) is 0.890. The minimum Gasteiger partial charge on any atom is -0.481 e. The fourth-order valence-electron chi connectivity index (χ4n) is 2.22. The van der Waals surface area contributed by atoms with Gasteiger partial charge in [-0.2, -0.15) is 0 Å². The SMILES string of the molecule is O=C(O)CC1CN(C(=O)Cc2cc(F)ccc2Br)CCO1. The second-order valence-corrected chi connectivity index (χ2v) is 5.70. The van der Waals surface area contributed by atoms with Crippen molar-refractivity contribution in [3.05, 3.63) is 34.1 Å². The largest absolute Gasteiger partial charge is 0.481 e. The molecule has 21 heavy (non-hydrogen) atoms. The van der Waals surface area contributed by atoms with Crippen LogP contribution >= 0.6 is 15.9 Å². The molecule has 2 rings (SSSR count). The molecule has 0 bridgehead atoms. The molecule has 1 unspecified atom stereocenters. The van der Waals surface area contributed by atoms with Crippen LogP contribution < -0.4 is 0 Å². The van der Waals surface area contributed by atoms with Gasteiger partial charge in [-0.15, -0.1) is 0 Å². The summed E-state index contributed by atoms with van der Waals surface area (Å²) in [7, 11) is 0. The van der Waals surface area contributed by atoms with E-state index in [9.17, 15) is 14.0 Å². The molecule has 114 valence electrons. The molecule has 1 fully saturated rings. The molecule has 0 radical (unpaired) electrons. The predicted octanol–water partition coefficient (Wildman–Crippen LogP) is 1.83. The van der Waals surface area contributed by atoms with Gasteiger partial charge in [-0.3, -0.25) is 9.59 Å². The van der Waals surface area contributed by atoms with Gasteiger partial charge in [0, 0.05) is 17.6 Å². The topological polar surface area (TPSA) is 66.8 Å². The number of nitrogens with zero attached hydrogens (tertiary/aromatic N) is 1. The van der Waals surface area contributed by atoms with E-state index in [0.717, 1.165) is 0 Å². The molecule has 5 nitrogen and oxygen atoms in total. The van der Waals surface area contributed by atoms with Gasteiger partial charge in [-0.1, -0.05) is 15.9 Å². The number of rotatable bonds is 4. The molecule has 1 aromatic rings.